The van der Waals surface area contributed by atoms with Crippen LogP contribution < -0.4 is 9.80 Å². The van der Waals surface area contributed by atoms with Crippen LogP contribution in [0.1, 0.15) is 11.1 Å². The van der Waals surface area contributed by atoms with E-state index in [1.54, 1.807) is 0 Å². The van der Waals surface area contributed by atoms with E-state index in [4.69, 9.17) is 0 Å². The maximum atomic E-state index is 2.46. The van der Waals surface area contributed by atoms with Gasteiger partial charge < -0.3 is 18.9 Å². The lowest BCUT2D eigenvalue weighted by molar-refractivity contribution is 1.17. The molecule has 58 heavy (non-hydrogen) atoms. The first-order chi connectivity index (χ1) is 28.6. The van der Waals surface area contributed by atoms with Crippen LogP contribution in [0.3, 0.4) is 0 Å². The van der Waals surface area contributed by atoms with Crippen LogP contribution in [-0.2, 0) is 0 Å². The number of nitrogens with zero attached hydrogens (tertiary/aromatic N) is 4. The molecule has 6 heteroatoms. The maximum Gasteiger partial charge on any atom is 0.103 e. The SMILES string of the molecule is Cc1ccc(N(c2ccccc2)c2cc3c(s2)c2cc4c(cc2n3-c2ccccc2)c2sc(N(c3ccccc3)c3ccc(C)cc3)cc2n4-c2ccccc2)cc1. The average Bonchev–Trinajstić information content (AvgIpc) is 4.02. The van der Waals surface area contributed by atoms with Crippen LogP contribution in [0, 0.1) is 13.8 Å². The van der Waals surface area contributed by atoms with Gasteiger partial charge in [-0.1, -0.05) is 108 Å². The summed E-state index contributed by atoms with van der Waals surface area (Å²) < 4.78 is 7.46. The number of rotatable bonds is 8. The summed E-state index contributed by atoms with van der Waals surface area (Å²) >= 11 is 3.72. The molecule has 0 atom stereocenters. The van der Waals surface area contributed by atoms with Crippen molar-refractivity contribution < 1.29 is 0 Å². The summed E-state index contributed by atoms with van der Waals surface area (Å²) in [7, 11) is 0. The first-order valence-electron chi connectivity index (χ1n) is 19.6. The predicted molar refractivity (Wildman–Crippen MR) is 250 cm³/mol. The lowest BCUT2D eigenvalue weighted by Gasteiger charge is -2.23. The Morgan fingerprint density at radius 3 is 1.03 bits per heavy atom. The van der Waals surface area contributed by atoms with E-state index in [-0.39, 0.29) is 0 Å². The second kappa shape index (κ2) is 14.0. The Kier molecular flexibility index (Phi) is 8.28. The first-order valence-corrected chi connectivity index (χ1v) is 21.2. The fraction of sp³-hybridized carbons (Fsp3) is 0.0385. The molecule has 0 aliphatic heterocycles. The van der Waals surface area contributed by atoms with Crippen LogP contribution in [0.5, 0.6) is 0 Å². The van der Waals surface area contributed by atoms with Gasteiger partial charge in [0.25, 0.3) is 0 Å². The largest absolute Gasteiger partial charge is 0.308 e. The molecule has 4 aromatic heterocycles. The summed E-state index contributed by atoms with van der Waals surface area (Å²) in [5, 5.41) is 4.83. The van der Waals surface area contributed by atoms with Gasteiger partial charge in [-0.2, -0.15) is 0 Å². The minimum atomic E-state index is 1.14. The molecule has 4 nitrogen and oxygen atoms in total. The molecule has 0 bridgehead atoms. The van der Waals surface area contributed by atoms with E-state index in [0.29, 0.717) is 0 Å². The predicted octanol–water partition coefficient (Wildman–Crippen LogP) is 15.6. The Balaban J connectivity index is 1.19. The van der Waals surface area contributed by atoms with E-state index < -0.39 is 0 Å². The van der Waals surface area contributed by atoms with Crippen molar-refractivity contribution in [1.82, 2.24) is 9.13 Å². The number of thiophene rings is 2. The molecule has 0 saturated heterocycles. The highest BCUT2D eigenvalue weighted by Gasteiger charge is 2.25. The van der Waals surface area contributed by atoms with Crippen molar-refractivity contribution in [3.63, 3.8) is 0 Å². The smallest absolute Gasteiger partial charge is 0.103 e. The van der Waals surface area contributed by atoms with Gasteiger partial charge in [-0.25, -0.2) is 0 Å². The van der Waals surface area contributed by atoms with Crippen molar-refractivity contribution in [2.24, 2.45) is 0 Å². The van der Waals surface area contributed by atoms with Gasteiger partial charge in [0.15, 0.2) is 0 Å². The standard InChI is InChI=1S/C52H38N4S2/c1-35-23-27-41(28-24-35)53(37-15-7-3-8-16-37)49-33-47-51(57-49)43-31-46-44(32-45(43)55(47)39-19-11-5-12-20-39)52-48(56(46)40-21-13-6-14-22-40)34-50(58-52)54(38-17-9-4-10-18-38)42-29-25-36(2)26-30-42/h3-34H,1-2H3. The van der Waals surface area contributed by atoms with E-state index in [1.165, 1.54) is 63.4 Å². The van der Waals surface area contributed by atoms with Crippen LogP contribution in [0.2, 0.25) is 0 Å². The number of aromatic nitrogens is 2. The molecule has 7 aromatic carbocycles. The minimum absolute atomic E-state index is 1.14. The molecule has 278 valence electrons. The van der Waals surface area contributed by atoms with Gasteiger partial charge in [0.2, 0.25) is 0 Å². The maximum absolute atomic E-state index is 2.46. The number of hydrogen-bond acceptors (Lipinski definition) is 4. The summed E-state index contributed by atoms with van der Waals surface area (Å²) in [6.45, 7) is 4.29. The Morgan fingerprint density at radius 2 is 0.672 bits per heavy atom. The molecule has 0 saturated carbocycles. The number of para-hydroxylation sites is 4. The summed E-state index contributed by atoms with van der Waals surface area (Å²) in [6.07, 6.45) is 0. The molecule has 0 aliphatic carbocycles. The van der Waals surface area contributed by atoms with Gasteiger partial charge in [-0.05, 0) is 111 Å². The van der Waals surface area contributed by atoms with Crippen molar-refractivity contribution in [1.29, 1.82) is 0 Å². The van der Waals surface area contributed by atoms with Gasteiger partial charge in [-0.15, -0.1) is 22.7 Å². The molecule has 0 radical (unpaired) electrons. The van der Waals surface area contributed by atoms with E-state index in [1.807, 2.05) is 22.7 Å². The third-order valence-electron chi connectivity index (χ3n) is 11.0. The molecule has 0 spiro atoms. The zero-order chi connectivity index (χ0) is 38.7. The van der Waals surface area contributed by atoms with E-state index in [2.05, 4.69) is 227 Å². The zero-order valence-corrected chi connectivity index (χ0v) is 33.7. The summed E-state index contributed by atoms with van der Waals surface area (Å²) in [4.78, 5) is 4.78. The Bertz CT molecular complexity index is 2990. The lowest BCUT2D eigenvalue weighted by Crippen LogP contribution is -2.08. The van der Waals surface area contributed by atoms with Crippen LogP contribution in [-0.4, -0.2) is 9.13 Å². The molecule has 11 rings (SSSR count). The molecule has 4 heterocycles. The molecule has 0 N–H and O–H groups in total. The van der Waals surface area contributed by atoms with Crippen LogP contribution in [0.15, 0.2) is 194 Å². The van der Waals surface area contributed by atoms with Crippen LogP contribution in [0.4, 0.5) is 32.8 Å². The van der Waals surface area contributed by atoms with E-state index >= 15 is 0 Å². The summed E-state index contributed by atoms with van der Waals surface area (Å²) in [5.74, 6) is 0. The van der Waals surface area contributed by atoms with Gasteiger partial charge in [0.1, 0.15) is 10.0 Å². The summed E-state index contributed by atoms with van der Waals surface area (Å²) in [6, 6.07) is 70.4. The number of benzene rings is 7. The second-order valence-corrected chi connectivity index (χ2v) is 16.9. The third kappa shape index (κ3) is 5.72. The van der Waals surface area contributed by atoms with Gasteiger partial charge in [-0.3, -0.25) is 0 Å². The molecule has 0 aliphatic rings. The van der Waals surface area contributed by atoms with Gasteiger partial charge in [0.05, 0.1) is 31.5 Å². The van der Waals surface area contributed by atoms with Crippen molar-refractivity contribution in [2.45, 2.75) is 13.8 Å². The molecule has 0 unspecified atom stereocenters. The average molecular weight is 783 g/mol. The lowest BCUT2D eigenvalue weighted by atomic mass is 10.2. The number of fused-ring (bicyclic) bond motifs is 6. The minimum Gasteiger partial charge on any atom is -0.308 e. The Morgan fingerprint density at radius 1 is 0.345 bits per heavy atom. The van der Waals surface area contributed by atoms with Crippen LogP contribution in [0.25, 0.3) is 53.6 Å². The number of aryl methyl sites for hydroxylation is 2. The number of anilines is 6. The second-order valence-electron chi connectivity index (χ2n) is 14.8. The highest BCUT2D eigenvalue weighted by molar-refractivity contribution is 7.24. The molecule has 0 fully saturated rings. The summed E-state index contributed by atoms with van der Waals surface area (Å²) in [5.41, 5.74) is 14.1. The van der Waals surface area contributed by atoms with Gasteiger partial charge >= 0.3 is 0 Å². The van der Waals surface area contributed by atoms with Crippen molar-refractivity contribution in [2.75, 3.05) is 9.80 Å². The fourth-order valence-electron chi connectivity index (χ4n) is 8.31. The fourth-order valence-corrected chi connectivity index (χ4v) is 10.7. The highest BCUT2D eigenvalue weighted by Crippen LogP contribution is 2.50. The number of hydrogen-bond donors (Lipinski definition) is 0. The van der Waals surface area contributed by atoms with Crippen molar-refractivity contribution in [3.05, 3.63) is 205 Å². The molecule has 11 aromatic rings. The molecular formula is C52H38N4S2. The quantitative estimate of drug-likeness (QED) is 0.153. The van der Waals surface area contributed by atoms with E-state index in [9.17, 15) is 0 Å². The normalized spacial score (nSPS) is 11.6. The Labute approximate surface area is 345 Å². The van der Waals surface area contributed by atoms with Crippen molar-refractivity contribution >= 4 is 97.7 Å². The third-order valence-corrected chi connectivity index (χ3v) is 13.3. The Hall–Kier alpha value is -6.86. The molecular weight excluding hydrogens is 745 g/mol. The van der Waals surface area contributed by atoms with E-state index in [0.717, 1.165) is 34.1 Å². The van der Waals surface area contributed by atoms with Gasteiger partial charge in [0, 0.05) is 44.9 Å². The van der Waals surface area contributed by atoms with Crippen LogP contribution >= 0.6 is 22.7 Å². The zero-order valence-electron chi connectivity index (χ0n) is 32.1. The first kappa shape index (κ1) is 34.4. The topological polar surface area (TPSA) is 16.3 Å². The highest BCUT2D eigenvalue weighted by atomic mass is 32.1. The molecule has 0 amide bonds. The van der Waals surface area contributed by atoms with Crippen molar-refractivity contribution in [3.8, 4) is 11.4 Å². The monoisotopic (exact) mass is 782 g/mol.